The zero-order valence-electron chi connectivity index (χ0n) is 11.0. The Kier molecular flexibility index (Phi) is 3.01. The Balaban J connectivity index is 2.65. The predicted octanol–water partition coefficient (Wildman–Crippen LogP) is 3.67. The Morgan fingerprint density at radius 2 is 1.95 bits per heavy atom. The molecule has 0 radical (unpaired) electrons. The van der Waals surface area contributed by atoms with Crippen molar-refractivity contribution < 1.29 is 31.9 Å². The van der Waals surface area contributed by atoms with Gasteiger partial charge in [0.15, 0.2) is 0 Å². The van der Waals surface area contributed by atoms with E-state index >= 15 is 0 Å². The Hall–Kier alpha value is -1.14. The predicted molar refractivity (Wildman–Crippen MR) is 60.5 cm³/mol. The van der Waals surface area contributed by atoms with E-state index in [9.17, 15) is 26.7 Å². The molecule has 7 heteroatoms. The number of aliphatic carboxylic acids is 1. The highest BCUT2D eigenvalue weighted by atomic mass is 19.4. The van der Waals surface area contributed by atoms with Crippen molar-refractivity contribution in [2.24, 2.45) is 17.3 Å². The van der Waals surface area contributed by atoms with Gasteiger partial charge in [-0.15, -0.1) is 0 Å². The summed E-state index contributed by atoms with van der Waals surface area (Å²) >= 11 is 0. The van der Waals surface area contributed by atoms with Crippen molar-refractivity contribution in [2.45, 2.75) is 44.2 Å². The molecule has 0 aromatic carbocycles. The first kappa shape index (κ1) is 15.3. The second kappa shape index (κ2) is 3.95. The average molecular weight is 298 g/mol. The number of alkyl halides is 5. The molecule has 1 N–H and O–H groups in total. The van der Waals surface area contributed by atoms with Crippen molar-refractivity contribution in [1.29, 1.82) is 0 Å². The molecule has 0 saturated heterocycles. The maximum Gasteiger partial charge on any atom is 0.426 e. The molecule has 0 amide bonds. The molecule has 0 aromatic rings. The molecule has 114 valence electrons. The van der Waals surface area contributed by atoms with Crippen molar-refractivity contribution in [2.75, 3.05) is 0 Å². The molecule has 2 bridgehead atoms. The summed E-state index contributed by atoms with van der Waals surface area (Å²) in [6.45, 7) is 3.26. The van der Waals surface area contributed by atoms with Crippen LogP contribution in [0, 0.1) is 17.3 Å². The zero-order valence-corrected chi connectivity index (χ0v) is 11.0. The third-order valence-electron chi connectivity index (χ3n) is 4.41. The summed E-state index contributed by atoms with van der Waals surface area (Å²) in [7, 11) is 0. The first-order valence-electron chi connectivity index (χ1n) is 6.29. The van der Waals surface area contributed by atoms with E-state index in [2.05, 4.69) is 0 Å². The highest BCUT2D eigenvalue weighted by Crippen LogP contribution is 2.70. The van der Waals surface area contributed by atoms with Crippen LogP contribution in [-0.4, -0.2) is 28.6 Å². The highest BCUT2D eigenvalue weighted by molar-refractivity contribution is 5.83. The van der Waals surface area contributed by atoms with Crippen molar-refractivity contribution in [3.05, 3.63) is 12.2 Å². The molecule has 2 rings (SSSR count). The molecule has 0 heterocycles. The quantitative estimate of drug-likeness (QED) is 0.637. The van der Waals surface area contributed by atoms with Gasteiger partial charge >= 0.3 is 12.1 Å². The molecule has 0 spiro atoms. The SMILES string of the molecule is CC(C)CC12C=CC(C1)C(F)(C(F)(F)F)C2(F)C(=O)O. The maximum atomic E-state index is 14.9. The number of hydrogen-bond acceptors (Lipinski definition) is 1. The monoisotopic (exact) mass is 298 g/mol. The van der Waals surface area contributed by atoms with Crippen LogP contribution in [0.5, 0.6) is 0 Å². The zero-order chi connectivity index (χ0) is 15.6. The van der Waals surface area contributed by atoms with Crippen LogP contribution in [0.4, 0.5) is 22.0 Å². The lowest BCUT2D eigenvalue weighted by atomic mass is 9.65. The van der Waals surface area contributed by atoms with Crippen LogP contribution in [0.2, 0.25) is 0 Å². The van der Waals surface area contributed by atoms with Gasteiger partial charge in [0.25, 0.3) is 11.3 Å². The largest absolute Gasteiger partial charge is 0.479 e. The average Bonchev–Trinajstić information content (AvgIpc) is 2.75. The Morgan fingerprint density at radius 1 is 1.40 bits per heavy atom. The van der Waals surface area contributed by atoms with Crippen LogP contribution in [0.15, 0.2) is 12.2 Å². The molecule has 4 atom stereocenters. The fourth-order valence-electron chi connectivity index (χ4n) is 3.77. The number of halogens is 5. The Morgan fingerprint density at radius 3 is 2.35 bits per heavy atom. The van der Waals surface area contributed by atoms with Crippen molar-refractivity contribution in [3.63, 3.8) is 0 Å². The third-order valence-corrected chi connectivity index (χ3v) is 4.41. The van der Waals surface area contributed by atoms with Gasteiger partial charge in [-0.1, -0.05) is 26.0 Å². The van der Waals surface area contributed by atoms with Gasteiger partial charge in [0, 0.05) is 11.3 Å². The van der Waals surface area contributed by atoms with Gasteiger partial charge in [-0.2, -0.15) is 13.2 Å². The number of rotatable bonds is 3. The van der Waals surface area contributed by atoms with Gasteiger partial charge in [0.1, 0.15) is 0 Å². The second-order valence-corrected chi connectivity index (χ2v) is 6.10. The standard InChI is InChI=1S/C13H15F5O2/c1-7(2)5-10-4-3-8(6-10)11(14,13(16,17)18)12(10,15)9(19)20/h3-4,7-8H,5-6H2,1-2H3,(H,19,20). The van der Waals surface area contributed by atoms with E-state index < -0.39 is 41.2 Å². The lowest BCUT2D eigenvalue weighted by molar-refractivity contribution is -0.282. The smallest absolute Gasteiger partial charge is 0.426 e. The van der Waals surface area contributed by atoms with E-state index in [1.165, 1.54) is 0 Å². The van der Waals surface area contributed by atoms with E-state index in [4.69, 9.17) is 5.11 Å². The molecule has 20 heavy (non-hydrogen) atoms. The summed E-state index contributed by atoms with van der Waals surface area (Å²) < 4.78 is 68.7. The molecule has 4 unspecified atom stereocenters. The van der Waals surface area contributed by atoms with Crippen LogP contribution >= 0.6 is 0 Å². The number of carboxylic acid groups (broad SMARTS) is 1. The molecule has 2 aliphatic rings. The fourth-order valence-corrected chi connectivity index (χ4v) is 3.77. The summed E-state index contributed by atoms with van der Waals surface area (Å²) in [4.78, 5) is 11.2. The maximum absolute atomic E-state index is 14.9. The summed E-state index contributed by atoms with van der Waals surface area (Å²) in [5.74, 6) is -4.43. The minimum absolute atomic E-state index is 0.148. The topological polar surface area (TPSA) is 37.3 Å². The van der Waals surface area contributed by atoms with Crippen molar-refractivity contribution >= 4 is 5.97 Å². The van der Waals surface area contributed by atoms with Gasteiger partial charge in [-0.3, -0.25) is 0 Å². The molecule has 1 fully saturated rings. The number of carboxylic acids is 1. The molecule has 1 saturated carbocycles. The molecule has 2 aliphatic carbocycles. The first-order valence-corrected chi connectivity index (χ1v) is 6.29. The van der Waals surface area contributed by atoms with Gasteiger partial charge in [0.2, 0.25) is 0 Å². The summed E-state index contributed by atoms with van der Waals surface area (Å²) in [5, 5.41) is 9.02. The van der Waals surface area contributed by atoms with Crippen LogP contribution in [0.1, 0.15) is 26.7 Å². The summed E-state index contributed by atoms with van der Waals surface area (Å²) in [5.41, 5.74) is -10.3. The lowest BCUT2D eigenvalue weighted by Gasteiger charge is -2.44. The van der Waals surface area contributed by atoms with Crippen molar-refractivity contribution in [1.82, 2.24) is 0 Å². The minimum atomic E-state index is -5.58. The fraction of sp³-hybridized carbons (Fsp3) is 0.769. The Bertz CT molecular complexity index is 472. The second-order valence-electron chi connectivity index (χ2n) is 6.10. The van der Waals surface area contributed by atoms with Gasteiger partial charge in [0.05, 0.1) is 0 Å². The highest BCUT2D eigenvalue weighted by Gasteiger charge is 2.87. The van der Waals surface area contributed by atoms with E-state index in [1.807, 2.05) is 0 Å². The van der Waals surface area contributed by atoms with Gasteiger partial charge in [-0.05, 0) is 18.8 Å². The summed E-state index contributed by atoms with van der Waals surface area (Å²) in [6.07, 6.45) is -4.10. The van der Waals surface area contributed by atoms with Crippen LogP contribution in [0.3, 0.4) is 0 Å². The van der Waals surface area contributed by atoms with Gasteiger partial charge < -0.3 is 5.11 Å². The number of carbonyl (C=O) groups is 1. The molecule has 0 aromatic heterocycles. The summed E-state index contributed by atoms with van der Waals surface area (Å²) in [6, 6.07) is 0. The number of allylic oxidation sites excluding steroid dienone is 2. The minimum Gasteiger partial charge on any atom is -0.479 e. The van der Waals surface area contributed by atoms with Gasteiger partial charge in [-0.25, -0.2) is 13.6 Å². The molecular formula is C13H15F5O2. The van der Waals surface area contributed by atoms with Crippen LogP contribution in [0.25, 0.3) is 0 Å². The van der Waals surface area contributed by atoms with E-state index in [1.54, 1.807) is 13.8 Å². The molecular weight excluding hydrogens is 283 g/mol. The lowest BCUT2D eigenvalue weighted by Crippen LogP contribution is -2.66. The van der Waals surface area contributed by atoms with E-state index in [0.717, 1.165) is 12.2 Å². The van der Waals surface area contributed by atoms with Crippen LogP contribution < -0.4 is 0 Å². The normalized spacial score (nSPS) is 43.5. The van der Waals surface area contributed by atoms with Crippen molar-refractivity contribution in [3.8, 4) is 0 Å². The van der Waals surface area contributed by atoms with E-state index in [0.29, 0.717) is 0 Å². The molecule has 0 aliphatic heterocycles. The number of fused-ring (bicyclic) bond motifs is 2. The number of hydrogen-bond donors (Lipinski definition) is 1. The van der Waals surface area contributed by atoms with E-state index in [-0.39, 0.29) is 12.3 Å². The first-order chi connectivity index (χ1) is 8.92. The molecule has 2 nitrogen and oxygen atoms in total. The van der Waals surface area contributed by atoms with Crippen LogP contribution in [-0.2, 0) is 4.79 Å². The third kappa shape index (κ3) is 1.46. The Labute approximate surface area is 112 Å².